The van der Waals surface area contributed by atoms with Crippen LogP contribution in [0.2, 0.25) is 0 Å². The van der Waals surface area contributed by atoms with Gasteiger partial charge in [0, 0.05) is 20.7 Å². The second kappa shape index (κ2) is 12.5. The highest BCUT2D eigenvalue weighted by atomic mass is 127. The number of guanidine groups is 1. The van der Waals surface area contributed by atoms with Crippen LogP contribution >= 0.6 is 24.0 Å². The van der Waals surface area contributed by atoms with Crippen molar-refractivity contribution < 1.29 is 9.47 Å². The maximum absolute atomic E-state index is 5.65. The van der Waals surface area contributed by atoms with Crippen LogP contribution in [0.15, 0.2) is 59.6 Å². The van der Waals surface area contributed by atoms with Crippen molar-refractivity contribution in [2.45, 2.75) is 13.2 Å². The molecule has 0 aliphatic rings. The molecule has 25 heavy (non-hydrogen) atoms. The molecule has 2 N–H and O–H groups in total. The zero-order valence-electron chi connectivity index (χ0n) is 14.7. The highest BCUT2D eigenvalue weighted by molar-refractivity contribution is 14.0. The fourth-order valence-electron chi connectivity index (χ4n) is 2.28. The van der Waals surface area contributed by atoms with Gasteiger partial charge in [0.25, 0.3) is 0 Å². The smallest absolute Gasteiger partial charge is 0.191 e. The van der Waals surface area contributed by atoms with Gasteiger partial charge in [0.15, 0.2) is 5.96 Å². The number of para-hydroxylation sites is 1. The molecular formula is C19H26IN3O2. The van der Waals surface area contributed by atoms with E-state index in [1.165, 1.54) is 11.1 Å². The third-order valence-electron chi connectivity index (χ3n) is 3.49. The monoisotopic (exact) mass is 455 g/mol. The van der Waals surface area contributed by atoms with E-state index in [-0.39, 0.29) is 24.0 Å². The van der Waals surface area contributed by atoms with Gasteiger partial charge in [0.1, 0.15) is 12.4 Å². The topological polar surface area (TPSA) is 54.9 Å². The van der Waals surface area contributed by atoms with Crippen molar-refractivity contribution in [3.05, 3.63) is 65.7 Å². The van der Waals surface area contributed by atoms with Crippen LogP contribution in [0.3, 0.4) is 0 Å². The second-order valence-corrected chi connectivity index (χ2v) is 5.22. The lowest BCUT2D eigenvalue weighted by Crippen LogP contribution is -2.39. The first-order valence-corrected chi connectivity index (χ1v) is 8.01. The van der Waals surface area contributed by atoms with E-state index in [9.17, 15) is 0 Å². The number of nitrogens with zero attached hydrogens (tertiary/aromatic N) is 1. The number of hydrogen-bond donors (Lipinski definition) is 2. The summed E-state index contributed by atoms with van der Waals surface area (Å²) in [7, 11) is 3.46. The van der Waals surface area contributed by atoms with Crippen molar-refractivity contribution in [3.8, 4) is 5.75 Å². The molecule has 2 rings (SSSR count). The number of ether oxygens (including phenoxy) is 2. The van der Waals surface area contributed by atoms with Gasteiger partial charge in [0.05, 0.1) is 13.2 Å². The Morgan fingerprint density at radius 3 is 2.32 bits per heavy atom. The van der Waals surface area contributed by atoms with Gasteiger partial charge in [-0.2, -0.15) is 0 Å². The van der Waals surface area contributed by atoms with Gasteiger partial charge in [-0.3, -0.25) is 4.99 Å². The Morgan fingerprint density at radius 2 is 1.64 bits per heavy atom. The average molecular weight is 455 g/mol. The number of rotatable bonds is 8. The zero-order valence-corrected chi connectivity index (χ0v) is 17.0. The summed E-state index contributed by atoms with van der Waals surface area (Å²) in [5.41, 5.74) is 2.37. The minimum absolute atomic E-state index is 0. The van der Waals surface area contributed by atoms with Crippen molar-refractivity contribution in [2.75, 3.05) is 27.3 Å². The quantitative estimate of drug-likeness (QED) is 0.278. The number of nitrogens with one attached hydrogen (secondary N) is 2. The fourth-order valence-corrected chi connectivity index (χ4v) is 2.28. The van der Waals surface area contributed by atoms with Crippen LogP contribution < -0.4 is 15.4 Å². The summed E-state index contributed by atoms with van der Waals surface area (Å²) in [6.07, 6.45) is 0. The van der Waals surface area contributed by atoms with Gasteiger partial charge in [0.2, 0.25) is 0 Å². The molecule has 0 radical (unpaired) electrons. The number of halogens is 1. The number of hydrogen-bond acceptors (Lipinski definition) is 3. The molecule has 0 aliphatic carbocycles. The summed E-state index contributed by atoms with van der Waals surface area (Å²) in [5.74, 6) is 1.62. The third-order valence-corrected chi connectivity index (χ3v) is 3.49. The lowest BCUT2D eigenvalue weighted by atomic mass is 10.1. The highest BCUT2D eigenvalue weighted by Crippen LogP contribution is 2.09. The fraction of sp³-hybridized carbons (Fsp3) is 0.316. The van der Waals surface area contributed by atoms with E-state index in [0.717, 1.165) is 11.7 Å². The van der Waals surface area contributed by atoms with Crippen molar-refractivity contribution >= 4 is 29.9 Å². The van der Waals surface area contributed by atoms with Crippen molar-refractivity contribution in [1.29, 1.82) is 0 Å². The van der Waals surface area contributed by atoms with Gasteiger partial charge in [-0.1, -0.05) is 42.5 Å². The second-order valence-electron chi connectivity index (χ2n) is 5.22. The Labute approximate surface area is 166 Å². The van der Waals surface area contributed by atoms with Crippen LogP contribution in [0, 0.1) is 0 Å². The standard InChI is InChI=1S/C19H25N3O2.HI/c1-20-19(21-12-13-24-18-10-4-3-5-11-18)22-14-16-8-6-7-9-17(16)15-23-2;/h3-11H,12-15H2,1-2H3,(H2,20,21,22);1H. The maximum atomic E-state index is 5.65. The predicted octanol–water partition coefficient (Wildman–Crippen LogP) is 3.20. The Balaban J connectivity index is 0.00000312. The van der Waals surface area contributed by atoms with Crippen molar-refractivity contribution in [3.63, 3.8) is 0 Å². The summed E-state index contributed by atoms with van der Waals surface area (Å²) in [4.78, 5) is 4.23. The van der Waals surface area contributed by atoms with Crippen LogP contribution in [-0.2, 0) is 17.9 Å². The van der Waals surface area contributed by atoms with Gasteiger partial charge < -0.3 is 20.1 Å². The largest absolute Gasteiger partial charge is 0.492 e. The van der Waals surface area contributed by atoms with E-state index in [4.69, 9.17) is 9.47 Å². The van der Waals surface area contributed by atoms with E-state index >= 15 is 0 Å². The molecule has 0 spiro atoms. The van der Waals surface area contributed by atoms with E-state index in [1.54, 1.807) is 14.2 Å². The molecule has 0 saturated heterocycles. The third kappa shape index (κ3) is 7.74. The van der Waals surface area contributed by atoms with E-state index < -0.39 is 0 Å². The summed E-state index contributed by atoms with van der Waals surface area (Å²) < 4.78 is 10.9. The summed E-state index contributed by atoms with van der Waals surface area (Å²) in [5, 5.41) is 6.55. The normalized spacial score (nSPS) is 10.7. The van der Waals surface area contributed by atoms with E-state index in [2.05, 4.69) is 27.8 Å². The molecule has 0 bridgehead atoms. The first-order chi connectivity index (χ1) is 11.8. The maximum Gasteiger partial charge on any atom is 0.191 e. The molecule has 0 aliphatic heterocycles. The zero-order chi connectivity index (χ0) is 17.0. The lowest BCUT2D eigenvalue weighted by molar-refractivity contribution is 0.184. The van der Waals surface area contributed by atoms with E-state index in [0.29, 0.717) is 26.3 Å². The van der Waals surface area contributed by atoms with E-state index in [1.807, 2.05) is 42.5 Å². The SMILES string of the molecule is CN=C(NCCOc1ccccc1)NCc1ccccc1COC.I. The summed E-state index contributed by atoms with van der Waals surface area (Å²) >= 11 is 0. The van der Waals surface area contributed by atoms with Crippen LogP contribution in [0.25, 0.3) is 0 Å². The Hall–Kier alpha value is -1.80. The molecular weight excluding hydrogens is 429 g/mol. The number of benzene rings is 2. The predicted molar refractivity (Wildman–Crippen MR) is 113 cm³/mol. The minimum Gasteiger partial charge on any atom is -0.492 e. The Bertz CT molecular complexity index is 636. The van der Waals surface area contributed by atoms with Gasteiger partial charge >= 0.3 is 0 Å². The Morgan fingerprint density at radius 1 is 0.960 bits per heavy atom. The van der Waals surface area contributed by atoms with Gasteiger partial charge in [-0.05, 0) is 23.3 Å². The Kier molecular flexibility index (Phi) is 10.7. The highest BCUT2D eigenvalue weighted by Gasteiger charge is 2.03. The lowest BCUT2D eigenvalue weighted by Gasteiger charge is -2.14. The molecule has 6 heteroatoms. The van der Waals surface area contributed by atoms with Crippen LogP contribution in [-0.4, -0.2) is 33.3 Å². The molecule has 0 saturated carbocycles. The molecule has 136 valence electrons. The molecule has 0 aromatic heterocycles. The number of aliphatic imine (C=N–C) groups is 1. The molecule has 0 unspecified atom stereocenters. The molecule has 0 fully saturated rings. The number of methoxy groups -OCH3 is 1. The van der Waals surface area contributed by atoms with Gasteiger partial charge in [-0.25, -0.2) is 0 Å². The molecule has 2 aromatic rings. The van der Waals surface area contributed by atoms with Crippen LogP contribution in [0.5, 0.6) is 5.75 Å². The van der Waals surface area contributed by atoms with Crippen molar-refractivity contribution in [1.82, 2.24) is 10.6 Å². The first kappa shape index (κ1) is 21.2. The molecule has 0 atom stereocenters. The molecule has 2 aromatic carbocycles. The summed E-state index contributed by atoms with van der Waals surface area (Å²) in [6.45, 7) is 2.55. The molecule has 0 heterocycles. The minimum atomic E-state index is 0. The van der Waals surface area contributed by atoms with Crippen molar-refractivity contribution in [2.24, 2.45) is 4.99 Å². The molecule has 5 nitrogen and oxygen atoms in total. The van der Waals surface area contributed by atoms with Crippen LogP contribution in [0.1, 0.15) is 11.1 Å². The summed E-state index contributed by atoms with van der Waals surface area (Å²) in [6, 6.07) is 18.0. The molecule has 0 amide bonds. The van der Waals surface area contributed by atoms with Crippen LogP contribution in [0.4, 0.5) is 0 Å². The first-order valence-electron chi connectivity index (χ1n) is 8.01. The van der Waals surface area contributed by atoms with Gasteiger partial charge in [-0.15, -0.1) is 24.0 Å². The average Bonchev–Trinajstić information content (AvgIpc) is 2.63.